The number of pyridine rings is 1. The zero-order valence-electron chi connectivity index (χ0n) is 16.4. The molecule has 0 fully saturated rings. The standard InChI is InChI=1S/C23H23NO4S/c1-14(2)12-28-21-17(10-16-8-5-7-15-6-3-4-9-18(15)16)11-20(25)24-19(23(26)27)13-29-22(21)24/h3-9,11,14,19H,10,12-13H2,1-2H3,(H,26,27). The number of benzene rings is 2. The van der Waals surface area contributed by atoms with Crippen molar-refractivity contribution >= 4 is 28.5 Å². The Morgan fingerprint density at radius 3 is 2.72 bits per heavy atom. The molecule has 2 heterocycles. The monoisotopic (exact) mass is 409 g/mol. The van der Waals surface area contributed by atoms with E-state index in [-0.39, 0.29) is 5.56 Å². The summed E-state index contributed by atoms with van der Waals surface area (Å²) in [6, 6.07) is 15.0. The van der Waals surface area contributed by atoms with Gasteiger partial charge in [-0.25, -0.2) is 4.79 Å². The van der Waals surface area contributed by atoms with Crippen molar-refractivity contribution < 1.29 is 14.6 Å². The van der Waals surface area contributed by atoms with Gasteiger partial charge in [0, 0.05) is 23.8 Å². The summed E-state index contributed by atoms with van der Waals surface area (Å²) in [6.45, 7) is 4.63. The molecule has 3 aromatic rings. The Morgan fingerprint density at radius 1 is 1.21 bits per heavy atom. The van der Waals surface area contributed by atoms with E-state index in [9.17, 15) is 14.7 Å². The molecule has 1 aliphatic rings. The van der Waals surface area contributed by atoms with Gasteiger partial charge in [-0.05, 0) is 22.3 Å². The summed E-state index contributed by atoms with van der Waals surface area (Å²) in [6.07, 6.45) is 0.552. The van der Waals surface area contributed by atoms with Crippen LogP contribution in [0.2, 0.25) is 0 Å². The fourth-order valence-corrected chi connectivity index (χ4v) is 4.95. The molecule has 2 aromatic carbocycles. The molecule has 29 heavy (non-hydrogen) atoms. The number of aromatic nitrogens is 1. The number of aliphatic carboxylic acids is 1. The van der Waals surface area contributed by atoms with Crippen LogP contribution in [-0.2, 0) is 11.2 Å². The van der Waals surface area contributed by atoms with E-state index < -0.39 is 12.0 Å². The van der Waals surface area contributed by atoms with E-state index in [2.05, 4.69) is 38.1 Å². The lowest BCUT2D eigenvalue weighted by Crippen LogP contribution is -2.29. The summed E-state index contributed by atoms with van der Waals surface area (Å²) in [4.78, 5) is 24.4. The van der Waals surface area contributed by atoms with Gasteiger partial charge < -0.3 is 9.84 Å². The second kappa shape index (κ2) is 7.95. The van der Waals surface area contributed by atoms with E-state index in [4.69, 9.17) is 4.74 Å². The topological polar surface area (TPSA) is 68.5 Å². The first-order valence-electron chi connectivity index (χ1n) is 9.69. The number of rotatable bonds is 6. The van der Waals surface area contributed by atoms with E-state index in [1.54, 1.807) is 6.07 Å². The first-order valence-corrected chi connectivity index (χ1v) is 10.7. The highest BCUT2D eigenvalue weighted by molar-refractivity contribution is 7.99. The van der Waals surface area contributed by atoms with Crippen LogP contribution in [0.4, 0.5) is 0 Å². The lowest BCUT2D eigenvalue weighted by Gasteiger charge is -2.18. The number of hydrogen-bond acceptors (Lipinski definition) is 4. The van der Waals surface area contributed by atoms with E-state index in [1.165, 1.54) is 16.3 Å². The number of hydrogen-bond donors (Lipinski definition) is 1. The maximum absolute atomic E-state index is 12.8. The average Bonchev–Trinajstić information content (AvgIpc) is 3.14. The molecule has 150 valence electrons. The van der Waals surface area contributed by atoms with Gasteiger partial charge in [0.05, 0.1) is 6.61 Å². The highest BCUT2D eigenvalue weighted by Gasteiger charge is 2.33. The summed E-state index contributed by atoms with van der Waals surface area (Å²) in [5, 5.41) is 12.4. The van der Waals surface area contributed by atoms with Crippen molar-refractivity contribution in [2.24, 2.45) is 5.92 Å². The maximum Gasteiger partial charge on any atom is 0.327 e. The third-order valence-corrected chi connectivity index (χ3v) is 6.17. The molecule has 1 aliphatic heterocycles. The van der Waals surface area contributed by atoms with Crippen LogP contribution in [0.1, 0.15) is 31.0 Å². The van der Waals surface area contributed by atoms with Crippen LogP contribution in [0.3, 0.4) is 0 Å². The Bertz CT molecular complexity index is 1130. The van der Waals surface area contributed by atoms with Crippen molar-refractivity contribution in [3.8, 4) is 5.75 Å². The van der Waals surface area contributed by atoms with Crippen molar-refractivity contribution in [2.75, 3.05) is 12.4 Å². The van der Waals surface area contributed by atoms with E-state index in [0.717, 1.165) is 21.9 Å². The van der Waals surface area contributed by atoms with Crippen LogP contribution in [0.25, 0.3) is 10.8 Å². The summed E-state index contributed by atoms with van der Waals surface area (Å²) in [5.74, 6) is 0.296. The fourth-order valence-electron chi connectivity index (χ4n) is 3.66. The van der Waals surface area contributed by atoms with Crippen molar-refractivity contribution in [3.63, 3.8) is 0 Å². The molecule has 6 heteroatoms. The summed E-state index contributed by atoms with van der Waals surface area (Å²) < 4.78 is 7.51. The molecule has 5 nitrogen and oxygen atoms in total. The van der Waals surface area contributed by atoms with Gasteiger partial charge in [-0.1, -0.05) is 56.3 Å². The van der Waals surface area contributed by atoms with Gasteiger partial charge in [-0.15, -0.1) is 11.8 Å². The number of carbonyl (C=O) groups is 1. The molecule has 4 rings (SSSR count). The predicted molar refractivity (Wildman–Crippen MR) is 115 cm³/mol. The predicted octanol–water partition coefficient (Wildman–Crippen LogP) is 4.36. The average molecular weight is 410 g/mol. The summed E-state index contributed by atoms with van der Waals surface area (Å²) in [7, 11) is 0. The van der Waals surface area contributed by atoms with Crippen molar-refractivity contribution in [1.29, 1.82) is 0 Å². The quantitative estimate of drug-likeness (QED) is 0.655. The zero-order valence-corrected chi connectivity index (χ0v) is 17.2. The Morgan fingerprint density at radius 2 is 1.97 bits per heavy atom. The molecule has 1 aromatic heterocycles. The largest absolute Gasteiger partial charge is 0.490 e. The van der Waals surface area contributed by atoms with Crippen molar-refractivity contribution in [3.05, 3.63) is 70.0 Å². The fraction of sp³-hybridized carbons (Fsp3) is 0.304. The van der Waals surface area contributed by atoms with Crippen LogP contribution in [0.5, 0.6) is 5.75 Å². The van der Waals surface area contributed by atoms with Gasteiger partial charge >= 0.3 is 5.97 Å². The Kier molecular flexibility index (Phi) is 5.37. The Balaban J connectivity index is 1.83. The second-order valence-corrected chi connectivity index (χ2v) is 8.71. The molecular weight excluding hydrogens is 386 g/mol. The third-order valence-electron chi connectivity index (χ3n) is 5.04. The molecule has 0 spiro atoms. The molecule has 0 bridgehead atoms. The molecule has 0 amide bonds. The Labute approximate surface area is 173 Å². The minimum Gasteiger partial charge on any atom is -0.490 e. The number of carboxylic acid groups (broad SMARTS) is 1. The lowest BCUT2D eigenvalue weighted by atomic mass is 9.98. The molecular formula is C23H23NO4S. The SMILES string of the molecule is CC(C)COc1c(Cc2cccc3ccccc23)cc(=O)n2c1SCC2C(=O)O. The van der Waals surface area contributed by atoms with E-state index in [1.807, 2.05) is 18.2 Å². The first kappa shape index (κ1) is 19.6. The van der Waals surface area contributed by atoms with Crippen LogP contribution in [-0.4, -0.2) is 28.0 Å². The maximum atomic E-state index is 12.8. The van der Waals surface area contributed by atoms with E-state index >= 15 is 0 Å². The van der Waals surface area contributed by atoms with Crippen LogP contribution in [0.15, 0.2) is 58.4 Å². The lowest BCUT2D eigenvalue weighted by molar-refractivity contribution is -0.140. The second-order valence-electron chi connectivity index (χ2n) is 7.70. The molecule has 1 N–H and O–H groups in total. The third kappa shape index (κ3) is 3.77. The molecule has 1 unspecified atom stereocenters. The van der Waals surface area contributed by atoms with Crippen LogP contribution >= 0.6 is 11.8 Å². The summed E-state index contributed by atoms with van der Waals surface area (Å²) >= 11 is 1.38. The minimum atomic E-state index is -0.991. The number of ether oxygens (including phenoxy) is 1. The zero-order chi connectivity index (χ0) is 20.5. The first-order chi connectivity index (χ1) is 14.0. The highest BCUT2D eigenvalue weighted by Crippen LogP contribution is 2.41. The van der Waals surface area contributed by atoms with Gasteiger partial charge in [-0.2, -0.15) is 0 Å². The number of fused-ring (bicyclic) bond motifs is 2. The van der Waals surface area contributed by atoms with E-state index in [0.29, 0.717) is 35.5 Å². The minimum absolute atomic E-state index is 0.287. The smallest absolute Gasteiger partial charge is 0.327 e. The number of nitrogens with zero attached hydrogens (tertiary/aromatic N) is 1. The van der Waals surface area contributed by atoms with Crippen molar-refractivity contribution in [2.45, 2.75) is 31.3 Å². The number of carboxylic acids is 1. The molecule has 0 radical (unpaired) electrons. The van der Waals surface area contributed by atoms with Crippen LogP contribution in [0, 0.1) is 5.92 Å². The van der Waals surface area contributed by atoms with Crippen molar-refractivity contribution in [1.82, 2.24) is 4.57 Å². The van der Waals surface area contributed by atoms with Crippen LogP contribution < -0.4 is 10.3 Å². The van der Waals surface area contributed by atoms with Gasteiger partial charge in [-0.3, -0.25) is 9.36 Å². The van der Waals surface area contributed by atoms with Gasteiger partial charge in [0.1, 0.15) is 11.1 Å². The molecule has 1 atom stereocenters. The van der Waals surface area contributed by atoms with Gasteiger partial charge in [0.25, 0.3) is 5.56 Å². The van der Waals surface area contributed by atoms with Gasteiger partial charge in [0.2, 0.25) is 0 Å². The normalized spacial score (nSPS) is 15.6. The molecule has 0 aliphatic carbocycles. The number of thioether (sulfide) groups is 1. The Hall–Kier alpha value is -2.73. The summed E-state index contributed by atoms with van der Waals surface area (Å²) in [5.41, 5.74) is 1.63. The highest BCUT2D eigenvalue weighted by atomic mass is 32.2. The van der Waals surface area contributed by atoms with Gasteiger partial charge in [0.15, 0.2) is 5.75 Å². The molecule has 0 saturated carbocycles. The molecule has 0 saturated heterocycles.